The summed E-state index contributed by atoms with van der Waals surface area (Å²) in [5, 5.41) is 18.6. The summed E-state index contributed by atoms with van der Waals surface area (Å²) in [6.45, 7) is 3.89. The Morgan fingerprint density at radius 2 is 1.70 bits per heavy atom. The Hall–Kier alpha value is -3.40. The number of nitrogens with two attached hydrogens (primary N) is 1. The standard InChI is InChI=1S/C28H35N5O4/c1-35-28(36-2)20-11-13-32(14-12-20)21-9-7-19(8-10-21)26-18-33(15-16-37-26)24-17-23(30-31-27(24)29)22-5-3-4-6-25(22)34/h3-10,17,20,26,28,34H,11-16,18H2,1-2H3,(H2,29,31)/t26-/m0/s1. The third-order valence-electron chi connectivity index (χ3n) is 7.41. The molecule has 2 aliphatic heterocycles. The fraction of sp³-hybridized carbons (Fsp3) is 0.429. The lowest BCUT2D eigenvalue weighted by molar-refractivity contribution is -0.141. The van der Waals surface area contributed by atoms with Crippen molar-refractivity contribution in [1.29, 1.82) is 0 Å². The summed E-state index contributed by atoms with van der Waals surface area (Å²) in [5.41, 5.74) is 10.6. The Labute approximate surface area is 217 Å². The van der Waals surface area contributed by atoms with Gasteiger partial charge in [0.1, 0.15) is 11.9 Å². The van der Waals surface area contributed by atoms with Crippen LogP contribution in [-0.2, 0) is 14.2 Å². The van der Waals surface area contributed by atoms with Crippen molar-refractivity contribution in [2.75, 3.05) is 62.5 Å². The molecular weight excluding hydrogens is 470 g/mol. The van der Waals surface area contributed by atoms with Gasteiger partial charge < -0.3 is 34.9 Å². The van der Waals surface area contributed by atoms with Gasteiger partial charge in [-0.1, -0.05) is 24.3 Å². The molecule has 0 spiro atoms. The Morgan fingerprint density at radius 3 is 2.41 bits per heavy atom. The molecular formula is C28H35N5O4. The number of anilines is 3. The lowest BCUT2D eigenvalue weighted by atomic mass is 9.95. The fourth-order valence-corrected chi connectivity index (χ4v) is 5.35. The van der Waals surface area contributed by atoms with E-state index in [1.165, 1.54) is 5.69 Å². The SMILES string of the molecule is COC(OC)C1CCN(c2ccc([C@@H]3CN(c4cc(-c5ccccc5O)nnc4N)CCO3)cc2)CC1. The lowest BCUT2D eigenvalue weighted by Gasteiger charge is -2.37. The number of piperidine rings is 1. The van der Waals surface area contributed by atoms with Crippen molar-refractivity contribution >= 4 is 17.2 Å². The van der Waals surface area contributed by atoms with Gasteiger partial charge in [0, 0.05) is 57.6 Å². The van der Waals surface area contributed by atoms with Crippen molar-refractivity contribution in [2.45, 2.75) is 25.2 Å². The van der Waals surface area contributed by atoms with Crippen LogP contribution in [0, 0.1) is 5.92 Å². The van der Waals surface area contributed by atoms with E-state index in [1.807, 2.05) is 18.2 Å². The molecule has 1 aromatic heterocycles. The lowest BCUT2D eigenvalue weighted by Crippen LogP contribution is -2.39. The summed E-state index contributed by atoms with van der Waals surface area (Å²) in [4.78, 5) is 4.60. The van der Waals surface area contributed by atoms with Crippen molar-refractivity contribution in [1.82, 2.24) is 10.2 Å². The first-order valence-corrected chi connectivity index (χ1v) is 12.8. The van der Waals surface area contributed by atoms with Gasteiger partial charge in [-0.05, 0) is 48.7 Å². The van der Waals surface area contributed by atoms with E-state index in [9.17, 15) is 5.11 Å². The van der Waals surface area contributed by atoms with E-state index in [0.29, 0.717) is 42.7 Å². The van der Waals surface area contributed by atoms with Crippen LogP contribution >= 0.6 is 0 Å². The molecule has 0 saturated carbocycles. The van der Waals surface area contributed by atoms with Crippen molar-refractivity contribution in [3.63, 3.8) is 0 Å². The van der Waals surface area contributed by atoms with Gasteiger partial charge in [0.25, 0.3) is 0 Å². The number of nitrogen functional groups attached to an aromatic ring is 1. The molecule has 2 aromatic carbocycles. The normalized spacial score (nSPS) is 18.9. The third-order valence-corrected chi connectivity index (χ3v) is 7.41. The molecule has 3 aromatic rings. The Bertz CT molecular complexity index is 1180. The number of benzene rings is 2. The minimum absolute atomic E-state index is 0.0844. The van der Waals surface area contributed by atoms with Gasteiger partial charge in [-0.15, -0.1) is 10.2 Å². The highest BCUT2D eigenvalue weighted by atomic mass is 16.7. The number of morpholine rings is 1. The first-order chi connectivity index (χ1) is 18.1. The second kappa shape index (κ2) is 11.3. The van der Waals surface area contributed by atoms with Gasteiger partial charge in [0.15, 0.2) is 12.1 Å². The second-order valence-electron chi connectivity index (χ2n) is 9.58. The van der Waals surface area contributed by atoms with Crippen LogP contribution in [0.15, 0.2) is 54.6 Å². The van der Waals surface area contributed by atoms with E-state index in [0.717, 1.165) is 37.2 Å². The molecule has 2 fully saturated rings. The summed E-state index contributed by atoms with van der Waals surface area (Å²) in [5.74, 6) is 0.949. The molecule has 3 heterocycles. The van der Waals surface area contributed by atoms with Crippen molar-refractivity contribution in [3.05, 3.63) is 60.2 Å². The van der Waals surface area contributed by atoms with Crippen LogP contribution in [0.5, 0.6) is 5.75 Å². The zero-order valence-electron chi connectivity index (χ0n) is 21.4. The Morgan fingerprint density at radius 1 is 0.973 bits per heavy atom. The average Bonchev–Trinajstić information content (AvgIpc) is 2.95. The number of aromatic nitrogens is 2. The van der Waals surface area contributed by atoms with Crippen LogP contribution in [0.25, 0.3) is 11.3 Å². The Balaban J connectivity index is 1.26. The molecule has 0 radical (unpaired) electrons. The molecule has 0 amide bonds. The van der Waals surface area contributed by atoms with Crippen LogP contribution in [0.2, 0.25) is 0 Å². The van der Waals surface area contributed by atoms with E-state index < -0.39 is 0 Å². The largest absolute Gasteiger partial charge is 0.507 e. The minimum Gasteiger partial charge on any atom is -0.507 e. The molecule has 0 aliphatic carbocycles. The first-order valence-electron chi connectivity index (χ1n) is 12.8. The maximum Gasteiger partial charge on any atom is 0.169 e. The number of nitrogens with zero attached hydrogens (tertiary/aromatic N) is 4. The van der Waals surface area contributed by atoms with Gasteiger partial charge >= 0.3 is 0 Å². The predicted octanol–water partition coefficient (Wildman–Crippen LogP) is 3.84. The van der Waals surface area contributed by atoms with Crippen molar-refractivity contribution in [2.24, 2.45) is 5.92 Å². The molecule has 9 heteroatoms. The number of hydrogen-bond acceptors (Lipinski definition) is 9. The molecule has 9 nitrogen and oxygen atoms in total. The highest BCUT2D eigenvalue weighted by Crippen LogP contribution is 2.34. The van der Waals surface area contributed by atoms with Crippen molar-refractivity contribution < 1.29 is 19.3 Å². The van der Waals surface area contributed by atoms with E-state index in [-0.39, 0.29) is 18.1 Å². The highest BCUT2D eigenvalue weighted by molar-refractivity contribution is 5.74. The van der Waals surface area contributed by atoms with Crippen LogP contribution in [0.1, 0.15) is 24.5 Å². The third kappa shape index (κ3) is 5.49. The number of rotatable bonds is 7. The maximum atomic E-state index is 10.3. The summed E-state index contributed by atoms with van der Waals surface area (Å²) in [6, 6.07) is 17.7. The number of phenols is 1. The molecule has 0 unspecified atom stereocenters. The molecule has 196 valence electrons. The van der Waals surface area contributed by atoms with E-state index >= 15 is 0 Å². The summed E-state index contributed by atoms with van der Waals surface area (Å²) < 4.78 is 17.1. The zero-order valence-corrected chi connectivity index (χ0v) is 21.4. The Kier molecular flexibility index (Phi) is 7.73. The maximum absolute atomic E-state index is 10.3. The second-order valence-corrected chi connectivity index (χ2v) is 9.58. The topological polar surface area (TPSA) is 106 Å². The van der Waals surface area contributed by atoms with Gasteiger partial charge in [0.2, 0.25) is 0 Å². The number of aromatic hydroxyl groups is 1. The molecule has 37 heavy (non-hydrogen) atoms. The summed E-state index contributed by atoms with van der Waals surface area (Å²) >= 11 is 0. The molecule has 2 aliphatic rings. The number of para-hydroxylation sites is 1. The molecule has 1 atom stereocenters. The number of methoxy groups -OCH3 is 2. The van der Waals surface area contributed by atoms with Gasteiger partial charge in [0.05, 0.1) is 18.0 Å². The fourth-order valence-electron chi connectivity index (χ4n) is 5.35. The van der Waals surface area contributed by atoms with Crippen LogP contribution in [-0.4, -0.2) is 68.6 Å². The smallest absolute Gasteiger partial charge is 0.169 e. The number of ether oxygens (including phenoxy) is 3. The van der Waals surface area contributed by atoms with Crippen molar-refractivity contribution in [3.8, 4) is 17.0 Å². The molecule has 0 bridgehead atoms. The van der Waals surface area contributed by atoms with E-state index in [1.54, 1.807) is 26.4 Å². The highest BCUT2D eigenvalue weighted by Gasteiger charge is 2.28. The summed E-state index contributed by atoms with van der Waals surface area (Å²) in [7, 11) is 3.42. The quantitative estimate of drug-likeness (QED) is 0.463. The number of hydrogen-bond donors (Lipinski definition) is 2. The van der Waals surface area contributed by atoms with Crippen LogP contribution < -0.4 is 15.5 Å². The van der Waals surface area contributed by atoms with Gasteiger partial charge in [-0.25, -0.2) is 0 Å². The van der Waals surface area contributed by atoms with Gasteiger partial charge in [-0.2, -0.15) is 0 Å². The average molecular weight is 506 g/mol. The van der Waals surface area contributed by atoms with E-state index in [4.69, 9.17) is 19.9 Å². The minimum atomic E-state index is -0.130. The zero-order chi connectivity index (χ0) is 25.8. The monoisotopic (exact) mass is 505 g/mol. The first kappa shape index (κ1) is 25.3. The van der Waals surface area contributed by atoms with E-state index in [2.05, 4.69) is 44.3 Å². The summed E-state index contributed by atoms with van der Waals surface area (Å²) in [6.07, 6.45) is 1.87. The van der Waals surface area contributed by atoms with Gasteiger partial charge in [-0.3, -0.25) is 0 Å². The molecule has 3 N–H and O–H groups in total. The molecule has 2 saturated heterocycles. The number of phenolic OH excluding ortho intramolecular Hbond substituents is 1. The molecule has 5 rings (SSSR count). The van der Waals surface area contributed by atoms with Crippen LogP contribution in [0.4, 0.5) is 17.2 Å². The van der Waals surface area contributed by atoms with Crippen LogP contribution in [0.3, 0.4) is 0 Å². The predicted molar refractivity (Wildman–Crippen MR) is 144 cm³/mol.